The lowest BCUT2D eigenvalue weighted by Crippen LogP contribution is -2.08. The second-order valence-corrected chi connectivity index (χ2v) is 8.10. The van der Waals surface area contributed by atoms with Gasteiger partial charge >= 0.3 is 5.97 Å². The Morgan fingerprint density at radius 1 is 1.03 bits per heavy atom. The number of ether oxygens (including phenoxy) is 1. The maximum absolute atomic E-state index is 11.4. The van der Waals surface area contributed by atoms with Gasteiger partial charge in [0, 0.05) is 0 Å². The van der Waals surface area contributed by atoms with Gasteiger partial charge in [-0.15, -0.1) is 0 Å². The van der Waals surface area contributed by atoms with Gasteiger partial charge in [-0.25, -0.2) is 4.79 Å². The molecule has 160 valence electrons. The molecule has 0 bridgehead atoms. The first-order chi connectivity index (χ1) is 14.5. The zero-order valence-electron chi connectivity index (χ0n) is 18.4. The number of unbranched alkanes of at least 4 members (excludes halogenated alkanes) is 5. The molecule has 0 aliphatic heterocycles. The third kappa shape index (κ3) is 6.62. The Kier molecular flexibility index (Phi) is 9.41. The highest BCUT2D eigenvalue weighted by Gasteiger charge is 2.21. The van der Waals surface area contributed by atoms with Crippen molar-refractivity contribution in [3.8, 4) is 22.9 Å². The minimum atomic E-state index is -0.985. The van der Waals surface area contributed by atoms with Crippen LogP contribution in [-0.2, 0) is 0 Å². The molecule has 0 saturated carbocycles. The molecule has 0 heterocycles. The van der Waals surface area contributed by atoms with Gasteiger partial charge in [-0.2, -0.15) is 5.26 Å². The third-order valence-corrected chi connectivity index (χ3v) is 5.37. The van der Waals surface area contributed by atoms with Gasteiger partial charge in [0.1, 0.15) is 5.75 Å². The van der Waals surface area contributed by atoms with E-state index in [1.807, 2.05) is 38.1 Å². The summed E-state index contributed by atoms with van der Waals surface area (Å²) in [6, 6.07) is 15.2. The van der Waals surface area contributed by atoms with Crippen molar-refractivity contribution in [3.63, 3.8) is 0 Å². The summed E-state index contributed by atoms with van der Waals surface area (Å²) in [4.78, 5) is 11.4. The lowest BCUT2D eigenvalue weighted by atomic mass is 9.84. The normalized spacial score (nSPS) is 11.8. The van der Waals surface area contributed by atoms with Crippen molar-refractivity contribution in [2.75, 3.05) is 6.61 Å². The molecule has 30 heavy (non-hydrogen) atoms. The third-order valence-electron chi connectivity index (χ3n) is 5.37. The molecule has 0 radical (unpaired) electrons. The monoisotopic (exact) mass is 407 g/mol. The Labute approximate surface area is 180 Å². The zero-order chi connectivity index (χ0) is 21.9. The minimum Gasteiger partial charge on any atom is -0.494 e. The van der Waals surface area contributed by atoms with Crippen LogP contribution in [0.3, 0.4) is 0 Å². The predicted octanol–water partition coefficient (Wildman–Crippen LogP) is 7.05. The lowest BCUT2D eigenvalue weighted by Gasteiger charge is -2.19. The van der Waals surface area contributed by atoms with Crippen LogP contribution in [0.4, 0.5) is 0 Å². The Bertz CT molecular complexity index is 850. The molecule has 2 rings (SSSR count). The van der Waals surface area contributed by atoms with E-state index in [-0.39, 0.29) is 17.4 Å². The van der Waals surface area contributed by atoms with E-state index in [9.17, 15) is 15.2 Å². The number of carboxylic acid groups (broad SMARTS) is 1. The smallest absolute Gasteiger partial charge is 0.335 e. The quantitative estimate of drug-likeness (QED) is 0.383. The van der Waals surface area contributed by atoms with E-state index in [1.54, 1.807) is 18.2 Å². The van der Waals surface area contributed by atoms with Crippen molar-refractivity contribution in [2.45, 2.75) is 65.2 Å². The van der Waals surface area contributed by atoms with Crippen LogP contribution in [0.25, 0.3) is 11.1 Å². The molecule has 1 N–H and O–H groups in total. The van der Waals surface area contributed by atoms with Crippen LogP contribution in [0.2, 0.25) is 0 Å². The standard InChI is InChI=1S/C26H33NO3/c1-4-5-6-7-8-9-16-30-22-13-10-20(11-14-22)23-15-12-21(26(28)29)17-24(23)25(18-27)19(2)3/h10-15,17,19,25H,4-9,16H2,1-3H3,(H,28,29). The fraction of sp³-hybridized carbons (Fsp3) is 0.462. The summed E-state index contributed by atoms with van der Waals surface area (Å²) in [5, 5.41) is 19.0. The van der Waals surface area contributed by atoms with Crippen molar-refractivity contribution in [3.05, 3.63) is 53.6 Å². The number of hydrogen-bond acceptors (Lipinski definition) is 3. The fourth-order valence-corrected chi connectivity index (χ4v) is 3.60. The first-order valence-electron chi connectivity index (χ1n) is 11.0. The molecule has 2 aromatic rings. The van der Waals surface area contributed by atoms with Crippen molar-refractivity contribution in [1.29, 1.82) is 5.26 Å². The van der Waals surface area contributed by atoms with E-state index >= 15 is 0 Å². The Morgan fingerprint density at radius 2 is 1.70 bits per heavy atom. The lowest BCUT2D eigenvalue weighted by molar-refractivity contribution is 0.0696. The van der Waals surface area contributed by atoms with Gasteiger partial charge in [0.25, 0.3) is 0 Å². The number of aromatic carboxylic acids is 1. The van der Waals surface area contributed by atoms with Crippen LogP contribution in [0, 0.1) is 17.2 Å². The van der Waals surface area contributed by atoms with Gasteiger partial charge in [-0.3, -0.25) is 0 Å². The summed E-state index contributed by atoms with van der Waals surface area (Å²) in [6.07, 6.45) is 7.39. The molecule has 0 fully saturated rings. The van der Waals surface area contributed by atoms with Crippen molar-refractivity contribution in [1.82, 2.24) is 0 Å². The van der Waals surface area contributed by atoms with Gasteiger partial charge in [-0.05, 0) is 53.3 Å². The maximum Gasteiger partial charge on any atom is 0.335 e. The van der Waals surface area contributed by atoms with E-state index in [4.69, 9.17) is 4.74 Å². The van der Waals surface area contributed by atoms with Crippen molar-refractivity contribution >= 4 is 5.97 Å². The summed E-state index contributed by atoms with van der Waals surface area (Å²) >= 11 is 0. The SMILES string of the molecule is CCCCCCCCOc1ccc(-c2ccc(C(=O)O)cc2C(C#N)C(C)C)cc1. The molecule has 1 atom stereocenters. The highest BCUT2D eigenvalue weighted by molar-refractivity contribution is 5.89. The number of carbonyl (C=O) groups is 1. The Balaban J connectivity index is 2.11. The van der Waals surface area contributed by atoms with E-state index in [0.29, 0.717) is 6.61 Å². The molecule has 0 aliphatic carbocycles. The summed E-state index contributed by atoms with van der Waals surface area (Å²) in [7, 11) is 0. The number of rotatable bonds is 12. The molecule has 0 spiro atoms. The fourth-order valence-electron chi connectivity index (χ4n) is 3.60. The predicted molar refractivity (Wildman–Crippen MR) is 121 cm³/mol. The molecular weight excluding hydrogens is 374 g/mol. The van der Waals surface area contributed by atoms with Gasteiger partial charge in [-0.1, -0.05) is 71.1 Å². The number of benzene rings is 2. The van der Waals surface area contributed by atoms with Crippen LogP contribution >= 0.6 is 0 Å². The van der Waals surface area contributed by atoms with Crippen LogP contribution in [0.1, 0.15) is 81.1 Å². The second-order valence-electron chi connectivity index (χ2n) is 8.10. The van der Waals surface area contributed by atoms with Gasteiger partial charge < -0.3 is 9.84 Å². The first kappa shape index (κ1) is 23.5. The Morgan fingerprint density at radius 3 is 2.30 bits per heavy atom. The molecule has 0 amide bonds. The van der Waals surface area contributed by atoms with Gasteiger partial charge in [0.2, 0.25) is 0 Å². The van der Waals surface area contributed by atoms with Crippen LogP contribution < -0.4 is 4.74 Å². The molecule has 4 heteroatoms. The molecule has 0 aromatic heterocycles. The molecular formula is C26H33NO3. The average molecular weight is 408 g/mol. The number of carboxylic acids is 1. The summed E-state index contributed by atoms with van der Waals surface area (Å²) in [5.74, 6) is -0.445. The van der Waals surface area contributed by atoms with E-state index in [2.05, 4.69) is 13.0 Å². The largest absolute Gasteiger partial charge is 0.494 e. The summed E-state index contributed by atoms with van der Waals surface area (Å²) < 4.78 is 5.86. The van der Waals surface area contributed by atoms with Crippen LogP contribution in [0.15, 0.2) is 42.5 Å². The maximum atomic E-state index is 11.4. The topological polar surface area (TPSA) is 70.3 Å². The minimum absolute atomic E-state index is 0.0812. The molecule has 1 unspecified atom stereocenters. The van der Waals surface area contributed by atoms with E-state index in [1.165, 1.54) is 32.1 Å². The van der Waals surface area contributed by atoms with Crippen molar-refractivity contribution in [2.24, 2.45) is 5.92 Å². The van der Waals surface area contributed by atoms with Crippen LogP contribution in [0.5, 0.6) is 5.75 Å². The zero-order valence-corrected chi connectivity index (χ0v) is 18.4. The van der Waals surface area contributed by atoms with Gasteiger partial charge in [0.05, 0.1) is 24.2 Å². The number of nitriles is 1. The second kappa shape index (κ2) is 12.0. The molecule has 4 nitrogen and oxygen atoms in total. The first-order valence-corrected chi connectivity index (χ1v) is 11.0. The number of hydrogen-bond donors (Lipinski definition) is 1. The molecule has 0 aliphatic rings. The van der Waals surface area contributed by atoms with Crippen molar-refractivity contribution < 1.29 is 14.6 Å². The Hall–Kier alpha value is -2.80. The van der Waals surface area contributed by atoms with E-state index in [0.717, 1.165) is 28.9 Å². The highest BCUT2D eigenvalue weighted by Crippen LogP contribution is 2.34. The summed E-state index contributed by atoms with van der Waals surface area (Å²) in [6.45, 7) is 6.89. The van der Waals surface area contributed by atoms with Gasteiger partial charge in [0.15, 0.2) is 0 Å². The van der Waals surface area contributed by atoms with E-state index < -0.39 is 5.97 Å². The summed E-state index contributed by atoms with van der Waals surface area (Å²) in [5.41, 5.74) is 2.80. The number of nitrogens with zero attached hydrogens (tertiary/aromatic N) is 1. The molecule has 0 saturated heterocycles. The molecule has 2 aromatic carbocycles. The van der Waals surface area contributed by atoms with Crippen LogP contribution in [-0.4, -0.2) is 17.7 Å². The average Bonchev–Trinajstić information content (AvgIpc) is 2.74. The highest BCUT2D eigenvalue weighted by atomic mass is 16.5.